The van der Waals surface area contributed by atoms with Crippen molar-refractivity contribution >= 4 is 29.7 Å². The van der Waals surface area contributed by atoms with Gasteiger partial charge in [-0.15, -0.1) is 0 Å². The summed E-state index contributed by atoms with van der Waals surface area (Å²) in [5, 5.41) is 2.78. The molecule has 0 radical (unpaired) electrons. The van der Waals surface area contributed by atoms with Crippen molar-refractivity contribution in [1.29, 1.82) is 0 Å². The van der Waals surface area contributed by atoms with Crippen LogP contribution in [0.15, 0.2) is 48.5 Å². The number of carbonyl (C=O) groups excluding carboxylic acids is 2. The molecule has 1 heterocycles. The lowest BCUT2D eigenvalue weighted by molar-refractivity contribution is -0.119. The van der Waals surface area contributed by atoms with Gasteiger partial charge in [-0.2, -0.15) is 0 Å². The van der Waals surface area contributed by atoms with Gasteiger partial charge in [-0.25, -0.2) is 4.39 Å². The third-order valence-electron chi connectivity index (χ3n) is 4.05. The SMILES string of the molecule is CC(=O)NC1CC(=O)N(c2ccc(C=Cc3cccc(F)c3)cc2)C1. The highest BCUT2D eigenvalue weighted by Gasteiger charge is 2.30. The Morgan fingerprint density at radius 1 is 1.16 bits per heavy atom. The Bertz CT molecular complexity index is 815. The fraction of sp³-hybridized carbons (Fsp3) is 0.200. The lowest BCUT2D eigenvalue weighted by Crippen LogP contribution is -2.35. The van der Waals surface area contributed by atoms with Crippen LogP contribution in [0.4, 0.5) is 10.1 Å². The Morgan fingerprint density at radius 3 is 2.56 bits per heavy atom. The summed E-state index contributed by atoms with van der Waals surface area (Å²) in [6, 6.07) is 13.8. The first-order chi connectivity index (χ1) is 12.0. The van der Waals surface area contributed by atoms with Crippen molar-refractivity contribution in [3.05, 3.63) is 65.5 Å². The van der Waals surface area contributed by atoms with Crippen LogP contribution in [0, 0.1) is 5.82 Å². The van der Waals surface area contributed by atoms with E-state index in [0.717, 1.165) is 16.8 Å². The Kier molecular flexibility index (Phi) is 4.93. The van der Waals surface area contributed by atoms with Gasteiger partial charge in [0.05, 0.1) is 6.04 Å². The minimum atomic E-state index is -0.265. The van der Waals surface area contributed by atoms with Crippen LogP contribution in [0.1, 0.15) is 24.5 Å². The lowest BCUT2D eigenvalue weighted by Gasteiger charge is -2.17. The van der Waals surface area contributed by atoms with E-state index in [1.807, 2.05) is 42.5 Å². The van der Waals surface area contributed by atoms with Gasteiger partial charge in [-0.3, -0.25) is 9.59 Å². The number of rotatable bonds is 4. The molecule has 0 bridgehead atoms. The molecule has 1 N–H and O–H groups in total. The highest BCUT2D eigenvalue weighted by Crippen LogP contribution is 2.22. The summed E-state index contributed by atoms with van der Waals surface area (Å²) in [7, 11) is 0. The number of halogens is 1. The molecule has 1 unspecified atom stereocenters. The lowest BCUT2D eigenvalue weighted by atomic mass is 10.1. The summed E-state index contributed by atoms with van der Waals surface area (Å²) >= 11 is 0. The number of anilines is 1. The Morgan fingerprint density at radius 2 is 1.88 bits per heavy atom. The second-order valence-electron chi connectivity index (χ2n) is 6.09. The molecule has 1 aliphatic rings. The van der Waals surface area contributed by atoms with Crippen LogP contribution >= 0.6 is 0 Å². The molecule has 2 amide bonds. The molecular weight excluding hydrogens is 319 g/mol. The zero-order valence-corrected chi connectivity index (χ0v) is 13.9. The summed E-state index contributed by atoms with van der Waals surface area (Å²) < 4.78 is 13.2. The summed E-state index contributed by atoms with van der Waals surface area (Å²) in [6.45, 7) is 1.93. The van der Waals surface area contributed by atoms with Gasteiger partial charge in [-0.1, -0.05) is 36.4 Å². The molecule has 0 spiro atoms. The van der Waals surface area contributed by atoms with E-state index in [-0.39, 0.29) is 23.7 Å². The van der Waals surface area contributed by atoms with E-state index in [1.165, 1.54) is 19.1 Å². The molecule has 2 aromatic rings. The molecule has 0 aliphatic carbocycles. The van der Waals surface area contributed by atoms with Crippen LogP contribution in [0.3, 0.4) is 0 Å². The standard InChI is InChI=1S/C20H19FN2O2/c1-14(24)22-18-12-20(25)23(13-18)19-9-7-15(8-10-19)5-6-16-3-2-4-17(21)11-16/h2-11,18H,12-13H2,1H3,(H,22,24). The first kappa shape index (κ1) is 16.9. The van der Waals surface area contributed by atoms with Crippen molar-refractivity contribution in [3.63, 3.8) is 0 Å². The molecule has 1 atom stereocenters. The molecular formula is C20H19FN2O2. The number of carbonyl (C=O) groups is 2. The number of hydrogen-bond acceptors (Lipinski definition) is 2. The van der Waals surface area contributed by atoms with Crippen molar-refractivity contribution in [3.8, 4) is 0 Å². The monoisotopic (exact) mass is 338 g/mol. The predicted octanol–water partition coefficient (Wildman–Crippen LogP) is 3.24. The Hall–Kier alpha value is -2.95. The van der Waals surface area contributed by atoms with E-state index in [1.54, 1.807) is 11.0 Å². The topological polar surface area (TPSA) is 49.4 Å². The number of amides is 2. The minimum absolute atomic E-state index is 0.00167. The normalized spacial score (nSPS) is 17.3. The van der Waals surface area contributed by atoms with Gasteiger partial charge in [0.2, 0.25) is 11.8 Å². The van der Waals surface area contributed by atoms with Gasteiger partial charge < -0.3 is 10.2 Å². The molecule has 5 heteroatoms. The summed E-state index contributed by atoms with van der Waals surface area (Å²) in [6.07, 6.45) is 4.05. The third-order valence-corrected chi connectivity index (χ3v) is 4.05. The van der Waals surface area contributed by atoms with Crippen LogP contribution in [-0.4, -0.2) is 24.4 Å². The quantitative estimate of drug-likeness (QED) is 0.870. The number of hydrogen-bond donors (Lipinski definition) is 1. The van der Waals surface area contributed by atoms with E-state index in [4.69, 9.17) is 0 Å². The molecule has 128 valence electrons. The van der Waals surface area contributed by atoms with Crippen LogP contribution in [0.5, 0.6) is 0 Å². The molecule has 2 aromatic carbocycles. The van der Waals surface area contributed by atoms with E-state index < -0.39 is 0 Å². The molecule has 4 nitrogen and oxygen atoms in total. The van der Waals surface area contributed by atoms with Crippen molar-refractivity contribution < 1.29 is 14.0 Å². The fourth-order valence-electron chi connectivity index (χ4n) is 2.91. The molecule has 25 heavy (non-hydrogen) atoms. The first-order valence-electron chi connectivity index (χ1n) is 8.12. The third kappa shape index (κ3) is 4.32. The maximum atomic E-state index is 13.2. The van der Waals surface area contributed by atoms with Gasteiger partial charge in [0.25, 0.3) is 0 Å². The van der Waals surface area contributed by atoms with Crippen LogP contribution < -0.4 is 10.2 Å². The maximum Gasteiger partial charge on any atom is 0.229 e. The highest BCUT2D eigenvalue weighted by molar-refractivity contribution is 5.96. The Labute approximate surface area is 146 Å². The van der Waals surface area contributed by atoms with Gasteiger partial charge in [0, 0.05) is 25.6 Å². The molecule has 1 aliphatic heterocycles. The van der Waals surface area contributed by atoms with Crippen LogP contribution in [-0.2, 0) is 9.59 Å². The van der Waals surface area contributed by atoms with E-state index in [0.29, 0.717) is 13.0 Å². The van der Waals surface area contributed by atoms with E-state index >= 15 is 0 Å². The highest BCUT2D eigenvalue weighted by atomic mass is 19.1. The van der Waals surface area contributed by atoms with Crippen molar-refractivity contribution in [2.24, 2.45) is 0 Å². The second kappa shape index (κ2) is 7.30. The number of nitrogens with one attached hydrogen (secondary N) is 1. The molecule has 1 saturated heterocycles. The zero-order valence-electron chi connectivity index (χ0n) is 13.9. The van der Waals surface area contributed by atoms with Gasteiger partial charge in [0.1, 0.15) is 5.82 Å². The summed E-state index contributed by atoms with van der Waals surface area (Å²) in [5.74, 6) is -0.391. The first-order valence-corrected chi connectivity index (χ1v) is 8.12. The predicted molar refractivity (Wildman–Crippen MR) is 96.3 cm³/mol. The van der Waals surface area contributed by atoms with Crippen LogP contribution in [0.25, 0.3) is 12.2 Å². The molecule has 0 saturated carbocycles. The summed E-state index contributed by atoms with van der Waals surface area (Å²) in [5.41, 5.74) is 2.55. The second-order valence-corrected chi connectivity index (χ2v) is 6.09. The van der Waals surface area contributed by atoms with E-state index in [2.05, 4.69) is 5.32 Å². The van der Waals surface area contributed by atoms with E-state index in [9.17, 15) is 14.0 Å². The van der Waals surface area contributed by atoms with Crippen LogP contribution in [0.2, 0.25) is 0 Å². The average Bonchev–Trinajstić information content (AvgIpc) is 2.93. The maximum absolute atomic E-state index is 13.2. The average molecular weight is 338 g/mol. The van der Waals surface area contributed by atoms with Crippen molar-refractivity contribution in [2.45, 2.75) is 19.4 Å². The number of nitrogens with zero attached hydrogens (tertiary/aromatic N) is 1. The number of benzene rings is 2. The molecule has 3 rings (SSSR count). The summed E-state index contributed by atoms with van der Waals surface area (Å²) in [4.78, 5) is 24.9. The van der Waals surface area contributed by atoms with Crippen molar-refractivity contribution in [2.75, 3.05) is 11.4 Å². The Balaban J connectivity index is 1.68. The molecule has 1 fully saturated rings. The minimum Gasteiger partial charge on any atom is -0.351 e. The molecule has 0 aromatic heterocycles. The largest absolute Gasteiger partial charge is 0.351 e. The van der Waals surface area contributed by atoms with Crippen molar-refractivity contribution in [1.82, 2.24) is 5.32 Å². The van der Waals surface area contributed by atoms with Gasteiger partial charge in [0.15, 0.2) is 0 Å². The van der Waals surface area contributed by atoms with Gasteiger partial charge >= 0.3 is 0 Å². The fourth-order valence-corrected chi connectivity index (χ4v) is 2.91. The zero-order chi connectivity index (χ0) is 17.8. The van der Waals surface area contributed by atoms with Gasteiger partial charge in [-0.05, 0) is 35.4 Å². The smallest absolute Gasteiger partial charge is 0.229 e.